The summed E-state index contributed by atoms with van der Waals surface area (Å²) in [6.45, 7) is 5.51. The van der Waals surface area contributed by atoms with Gasteiger partial charge in [0.15, 0.2) is 5.82 Å². The second-order valence-corrected chi connectivity index (χ2v) is 5.73. The van der Waals surface area contributed by atoms with Crippen LogP contribution >= 0.6 is 0 Å². The van der Waals surface area contributed by atoms with Crippen LogP contribution in [0.15, 0.2) is 12.5 Å². The zero-order valence-electron chi connectivity index (χ0n) is 12.5. The molecule has 0 spiro atoms. The molecule has 0 aromatic carbocycles. The number of hydrogen-bond acceptors (Lipinski definition) is 6. The number of nitrogens with one attached hydrogen (secondary N) is 2. The lowest BCUT2D eigenvalue weighted by molar-refractivity contribution is -0.120. The molecule has 2 N–H and O–H groups in total. The smallest absolute Gasteiger partial charge is 0.408 e. The number of carbonyl (C=O) groups is 2. The molecule has 8 heteroatoms. The van der Waals surface area contributed by atoms with E-state index in [9.17, 15) is 9.59 Å². The number of carbonyl (C=O) groups excluding carboxylic acids is 2. The molecule has 0 radical (unpaired) electrons. The Morgan fingerprint density at radius 3 is 2.90 bits per heavy atom. The van der Waals surface area contributed by atoms with E-state index in [0.29, 0.717) is 11.5 Å². The zero-order valence-corrected chi connectivity index (χ0v) is 12.5. The molecule has 21 heavy (non-hydrogen) atoms. The van der Waals surface area contributed by atoms with Gasteiger partial charge < -0.3 is 20.3 Å². The Hall–Kier alpha value is -2.38. The number of hydrogen-bond donors (Lipinski definition) is 2. The lowest BCUT2D eigenvalue weighted by atomic mass is 10.2. The van der Waals surface area contributed by atoms with Gasteiger partial charge in [0.25, 0.3) is 5.91 Å². The number of likely N-dealkylation sites (N-methyl/N-ethyl adjacent to an activating group) is 1. The minimum absolute atomic E-state index is 0.229. The van der Waals surface area contributed by atoms with E-state index < -0.39 is 17.7 Å². The molecule has 2 rings (SSSR count). The van der Waals surface area contributed by atoms with Crippen LogP contribution in [-0.2, 0) is 9.53 Å². The van der Waals surface area contributed by atoms with Crippen molar-refractivity contribution in [3.05, 3.63) is 12.5 Å². The normalized spacial score (nSPS) is 18.4. The van der Waals surface area contributed by atoms with Crippen LogP contribution < -0.4 is 15.5 Å². The van der Waals surface area contributed by atoms with E-state index in [-0.39, 0.29) is 12.5 Å². The van der Waals surface area contributed by atoms with Crippen LogP contribution in [0.4, 0.5) is 16.3 Å². The van der Waals surface area contributed by atoms with Gasteiger partial charge in [-0.1, -0.05) is 0 Å². The number of alkyl carbamates (subject to hydrolysis) is 1. The van der Waals surface area contributed by atoms with Gasteiger partial charge in [0.05, 0.1) is 6.20 Å². The van der Waals surface area contributed by atoms with Crippen molar-refractivity contribution in [3.63, 3.8) is 0 Å². The maximum absolute atomic E-state index is 12.4. The highest BCUT2D eigenvalue weighted by molar-refractivity contribution is 6.01. The molecule has 0 fully saturated rings. The maximum atomic E-state index is 12.4. The fourth-order valence-electron chi connectivity index (χ4n) is 1.91. The van der Waals surface area contributed by atoms with E-state index in [1.165, 1.54) is 11.2 Å². The highest BCUT2D eigenvalue weighted by atomic mass is 16.6. The molecule has 0 saturated carbocycles. The molecule has 1 aliphatic rings. The van der Waals surface area contributed by atoms with Crippen LogP contribution in [0.3, 0.4) is 0 Å². The van der Waals surface area contributed by atoms with Crippen molar-refractivity contribution in [2.45, 2.75) is 32.4 Å². The molecule has 1 atom stereocenters. The summed E-state index contributed by atoms with van der Waals surface area (Å²) in [5.41, 5.74) is -0.0537. The minimum Gasteiger partial charge on any atom is -0.444 e. The summed E-state index contributed by atoms with van der Waals surface area (Å²) in [4.78, 5) is 33.6. The van der Waals surface area contributed by atoms with E-state index in [1.807, 2.05) is 0 Å². The molecule has 0 saturated heterocycles. The summed E-state index contributed by atoms with van der Waals surface area (Å²) in [6, 6.07) is -0.737. The summed E-state index contributed by atoms with van der Waals surface area (Å²) < 4.78 is 5.17. The van der Waals surface area contributed by atoms with Gasteiger partial charge in [0, 0.05) is 13.6 Å². The van der Waals surface area contributed by atoms with Gasteiger partial charge in [-0.2, -0.15) is 0 Å². The Labute approximate surface area is 122 Å². The van der Waals surface area contributed by atoms with Gasteiger partial charge in [0.2, 0.25) is 0 Å². The molecule has 1 aromatic heterocycles. The number of rotatable bonds is 1. The van der Waals surface area contributed by atoms with E-state index in [4.69, 9.17) is 4.74 Å². The molecule has 2 amide bonds. The van der Waals surface area contributed by atoms with Crippen molar-refractivity contribution in [2.75, 3.05) is 23.8 Å². The quantitative estimate of drug-likeness (QED) is 0.793. The Balaban J connectivity index is 2.11. The van der Waals surface area contributed by atoms with Crippen molar-refractivity contribution in [3.8, 4) is 0 Å². The molecular formula is C13H19N5O3. The first-order valence-electron chi connectivity index (χ1n) is 6.59. The summed E-state index contributed by atoms with van der Waals surface area (Å²) in [5, 5.41) is 5.59. The number of fused-ring (bicyclic) bond motifs is 1. The topological polar surface area (TPSA) is 96.5 Å². The monoisotopic (exact) mass is 293 g/mol. The molecule has 0 unspecified atom stereocenters. The third-order valence-corrected chi connectivity index (χ3v) is 2.85. The minimum atomic E-state index is -0.737. The Morgan fingerprint density at radius 1 is 1.52 bits per heavy atom. The number of anilines is 2. The van der Waals surface area contributed by atoms with Gasteiger partial charge in [-0.05, 0) is 20.8 Å². The number of nitrogens with zero attached hydrogens (tertiary/aromatic N) is 3. The largest absolute Gasteiger partial charge is 0.444 e. The lowest BCUT2D eigenvalue weighted by Gasteiger charge is -2.24. The van der Waals surface area contributed by atoms with Gasteiger partial charge in [0.1, 0.15) is 23.7 Å². The third-order valence-electron chi connectivity index (χ3n) is 2.85. The SMILES string of the molecule is CN1C(=O)[C@@H](NC(=O)OC(C)(C)C)CNc2ncncc21. The fourth-order valence-corrected chi connectivity index (χ4v) is 1.91. The van der Waals surface area contributed by atoms with Crippen LogP contribution in [0.5, 0.6) is 0 Å². The van der Waals surface area contributed by atoms with Crippen molar-refractivity contribution in [1.82, 2.24) is 15.3 Å². The fraction of sp³-hybridized carbons (Fsp3) is 0.538. The molecule has 0 bridgehead atoms. The molecule has 8 nitrogen and oxygen atoms in total. The molecule has 0 aliphatic carbocycles. The van der Waals surface area contributed by atoms with Crippen LogP contribution in [0.1, 0.15) is 20.8 Å². The first kappa shape index (κ1) is 15.0. The average Bonchev–Trinajstić information content (AvgIpc) is 2.50. The standard InChI is InChI=1S/C13H19N5O3/c1-13(2,3)21-12(20)17-8-5-15-10-9(6-14-7-16-10)18(4)11(8)19/h6-8H,5H2,1-4H3,(H,17,20)(H,14,15,16)/t8-/m0/s1. The number of ether oxygens (including phenoxy) is 1. The summed E-state index contributed by atoms with van der Waals surface area (Å²) in [7, 11) is 1.61. The second kappa shape index (κ2) is 5.55. The van der Waals surface area contributed by atoms with E-state index in [2.05, 4.69) is 20.6 Å². The molecular weight excluding hydrogens is 274 g/mol. The van der Waals surface area contributed by atoms with Crippen molar-refractivity contribution >= 4 is 23.5 Å². The Bertz CT molecular complexity index is 555. The van der Waals surface area contributed by atoms with Gasteiger partial charge >= 0.3 is 6.09 Å². The van der Waals surface area contributed by atoms with Crippen molar-refractivity contribution in [1.29, 1.82) is 0 Å². The predicted octanol–water partition coefficient (Wildman–Crippen LogP) is 0.758. The number of amides is 2. The first-order chi connectivity index (χ1) is 9.78. The maximum Gasteiger partial charge on any atom is 0.408 e. The molecule has 114 valence electrons. The van der Waals surface area contributed by atoms with Crippen molar-refractivity contribution < 1.29 is 14.3 Å². The van der Waals surface area contributed by atoms with E-state index >= 15 is 0 Å². The summed E-state index contributed by atoms with van der Waals surface area (Å²) in [5.74, 6) is 0.288. The van der Waals surface area contributed by atoms with E-state index in [0.717, 1.165) is 0 Å². The lowest BCUT2D eigenvalue weighted by Crippen LogP contribution is -2.50. The average molecular weight is 293 g/mol. The van der Waals surface area contributed by atoms with Crippen LogP contribution in [0, 0.1) is 0 Å². The van der Waals surface area contributed by atoms with Gasteiger partial charge in [-0.3, -0.25) is 4.79 Å². The highest BCUT2D eigenvalue weighted by Crippen LogP contribution is 2.24. The predicted molar refractivity (Wildman–Crippen MR) is 77.1 cm³/mol. The van der Waals surface area contributed by atoms with Crippen LogP contribution in [0.25, 0.3) is 0 Å². The van der Waals surface area contributed by atoms with Crippen LogP contribution in [0.2, 0.25) is 0 Å². The Morgan fingerprint density at radius 2 is 2.24 bits per heavy atom. The van der Waals surface area contributed by atoms with Crippen LogP contribution in [-0.4, -0.2) is 47.2 Å². The second-order valence-electron chi connectivity index (χ2n) is 5.73. The molecule has 1 aliphatic heterocycles. The van der Waals surface area contributed by atoms with E-state index in [1.54, 1.807) is 34.0 Å². The summed E-state index contributed by atoms with van der Waals surface area (Å²) >= 11 is 0. The number of aromatic nitrogens is 2. The van der Waals surface area contributed by atoms with Gasteiger partial charge in [-0.15, -0.1) is 0 Å². The Kier molecular flexibility index (Phi) is 3.97. The molecule has 2 heterocycles. The third kappa shape index (κ3) is 3.59. The van der Waals surface area contributed by atoms with Crippen molar-refractivity contribution in [2.24, 2.45) is 0 Å². The zero-order chi connectivity index (χ0) is 15.6. The molecule has 1 aromatic rings. The highest BCUT2D eigenvalue weighted by Gasteiger charge is 2.31. The summed E-state index contributed by atoms with van der Waals surface area (Å²) in [6.07, 6.45) is 2.31. The first-order valence-corrected chi connectivity index (χ1v) is 6.59. The van der Waals surface area contributed by atoms with Gasteiger partial charge in [-0.25, -0.2) is 14.8 Å².